The molecule has 2 aromatic carbocycles. The van der Waals surface area contributed by atoms with Gasteiger partial charge in [-0.3, -0.25) is 4.98 Å². The zero-order chi connectivity index (χ0) is 22.2. The third-order valence-electron chi connectivity index (χ3n) is 5.34. The largest absolute Gasteiger partial charge is 0.508 e. The molecule has 8 heteroatoms. The molecule has 0 aliphatic carbocycles. The Morgan fingerprint density at radius 3 is 2.59 bits per heavy atom. The topological polar surface area (TPSA) is 61.5 Å². The van der Waals surface area contributed by atoms with Crippen molar-refractivity contribution >= 4 is 38.9 Å². The van der Waals surface area contributed by atoms with E-state index in [1.165, 1.54) is 6.07 Å². The molecule has 1 fully saturated rings. The summed E-state index contributed by atoms with van der Waals surface area (Å²) in [7, 11) is 0. The molecule has 0 spiro atoms. The molecule has 0 bridgehead atoms. The smallest absolute Gasteiger partial charge is 0.174 e. The number of anilines is 1. The van der Waals surface area contributed by atoms with E-state index in [9.17, 15) is 9.50 Å². The molecule has 160 valence electrons. The minimum absolute atomic E-state index is 0.163. The van der Waals surface area contributed by atoms with Crippen molar-refractivity contribution in [3.63, 3.8) is 0 Å². The molecule has 4 aromatic rings. The molecule has 0 saturated carbocycles. The lowest BCUT2D eigenvalue weighted by Crippen LogP contribution is -2.29. The average Bonchev–Trinajstić information content (AvgIpc) is 3.39. The molecule has 1 aliphatic heterocycles. The summed E-state index contributed by atoms with van der Waals surface area (Å²) in [6.07, 6.45) is 1.73. The van der Waals surface area contributed by atoms with E-state index >= 15 is 0 Å². The van der Waals surface area contributed by atoms with E-state index in [-0.39, 0.29) is 23.7 Å². The van der Waals surface area contributed by atoms with Crippen LogP contribution in [-0.4, -0.2) is 15.2 Å². The van der Waals surface area contributed by atoms with Gasteiger partial charge in [0.15, 0.2) is 5.11 Å². The van der Waals surface area contributed by atoms with Gasteiger partial charge in [0.2, 0.25) is 0 Å². The maximum Gasteiger partial charge on any atom is 0.174 e. The van der Waals surface area contributed by atoms with Crippen molar-refractivity contribution in [3.8, 4) is 17.1 Å². The van der Waals surface area contributed by atoms with Crippen LogP contribution < -0.4 is 10.2 Å². The molecule has 0 amide bonds. The second kappa shape index (κ2) is 8.37. The summed E-state index contributed by atoms with van der Waals surface area (Å²) in [4.78, 5) is 6.43. The first-order valence-corrected chi connectivity index (χ1v) is 11.1. The van der Waals surface area contributed by atoms with Gasteiger partial charge in [0.25, 0.3) is 0 Å². The highest BCUT2D eigenvalue weighted by atomic mass is 79.9. The third kappa shape index (κ3) is 3.76. The standard InChI is InChI=1S/C24H17BrFN3O2S/c25-14-4-9-17(18(26)13-14)20-10-11-21(31-20)23-22(19-3-1-2-12-27-19)28-24(32)29(23)15-5-7-16(30)8-6-15/h1-13,22-23,30H,(H,28,32)/t22-,23+/m0/s1. The lowest BCUT2D eigenvalue weighted by Gasteiger charge is -2.26. The van der Waals surface area contributed by atoms with Gasteiger partial charge in [-0.05, 0) is 78.9 Å². The highest BCUT2D eigenvalue weighted by Crippen LogP contribution is 2.43. The number of pyridine rings is 1. The molecular formula is C24H17BrFN3O2S. The molecule has 1 aliphatic rings. The zero-order valence-electron chi connectivity index (χ0n) is 16.6. The second-order valence-electron chi connectivity index (χ2n) is 7.34. The number of hydrogen-bond acceptors (Lipinski definition) is 4. The second-order valence-corrected chi connectivity index (χ2v) is 8.64. The lowest BCUT2D eigenvalue weighted by atomic mass is 10.0. The molecule has 0 radical (unpaired) electrons. The number of thiocarbonyl (C=S) groups is 1. The third-order valence-corrected chi connectivity index (χ3v) is 6.15. The number of aromatic hydroxyl groups is 1. The van der Waals surface area contributed by atoms with Crippen molar-refractivity contribution < 1.29 is 13.9 Å². The quantitative estimate of drug-likeness (QED) is 0.323. The number of aromatic nitrogens is 1. The first kappa shape index (κ1) is 20.7. The van der Waals surface area contributed by atoms with Crippen LogP contribution in [0.3, 0.4) is 0 Å². The zero-order valence-corrected chi connectivity index (χ0v) is 19.0. The van der Waals surface area contributed by atoms with Gasteiger partial charge in [0.1, 0.15) is 29.1 Å². The number of hydrogen-bond donors (Lipinski definition) is 2. The molecule has 0 unspecified atom stereocenters. The molecular weight excluding hydrogens is 493 g/mol. The summed E-state index contributed by atoms with van der Waals surface area (Å²) >= 11 is 8.94. The average molecular weight is 510 g/mol. The molecule has 2 N–H and O–H groups in total. The first-order chi connectivity index (χ1) is 15.5. The Bertz CT molecular complexity index is 1280. The van der Waals surface area contributed by atoms with Crippen LogP contribution >= 0.6 is 28.1 Å². The van der Waals surface area contributed by atoms with Crippen LogP contribution in [0.5, 0.6) is 5.75 Å². The van der Waals surface area contributed by atoms with Crippen LogP contribution in [0.15, 0.2) is 87.9 Å². The predicted octanol–water partition coefficient (Wildman–Crippen LogP) is 6.13. The Hall–Kier alpha value is -3.23. The number of phenols is 1. The van der Waals surface area contributed by atoms with Crippen molar-refractivity contribution in [1.29, 1.82) is 0 Å². The Balaban J connectivity index is 1.60. The summed E-state index contributed by atoms with van der Waals surface area (Å²) in [6, 6.07) is 20.3. The van der Waals surface area contributed by atoms with Crippen LogP contribution in [0.1, 0.15) is 23.5 Å². The molecule has 32 heavy (non-hydrogen) atoms. The van der Waals surface area contributed by atoms with Crippen LogP contribution in [0, 0.1) is 5.82 Å². The molecule has 5 rings (SSSR count). The van der Waals surface area contributed by atoms with Gasteiger partial charge in [-0.1, -0.05) is 22.0 Å². The Labute approximate surface area is 197 Å². The minimum Gasteiger partial charge on any atom is -0.508 e. The van der Waals surface area contributed by atoms with E-state index in [0.29, 0.717) is 26.7 Å². The van der Waals surface area contributed by atoms with Gasteiger partial charge in [-0.25, -0.2) is 4.39 Å². The van der Waals surface area contributed by atoms with E-state index in [4.69, 9.17) is 16.6 Å². The molecule has 1 saturated heterocycles. The minimum atomic E-state index is -0.378. The van der Waals surface area contributed by atoms with Gasteiger partial charge >= 0.3 is 0 Å². The van der Waals surface area contributed by atoms with Crippen LogP contribution in [0.2, 0.25) is 0 Å². The normalized spacial score (nSPS) is 18.1. The monoisotopic (exact) mass is 509 g/mol. The summed E-state index contributed by atoms with van der Waals surface area (Å²) in [5.74, 6) is 0.819. The number of phenolic OH excluding ortho intramolecular Hbond substituents is 1. The van der Waals surface area contributed by atoms with Gasteiger partial charge in [-0.15, -0.1) is 0 Å². The number of rotatable bonds is 4. The summed E-state index contributed by atoms with van der Waals surface area (Å²) in [5.41, 5.74) is 1.96. The van der Waals surface area contributed by atoms with E-state index in [1.54, 1.807) is 48.7 Å². The fraction of sp³-hybridized carbons (Fsp3) is 0.0833. The van der Waals surface area contributed by atoms with E-state index in [2.05, 4.69) is 26.2 Å². The van der Waals surface area contributed by atoms with Crippen molar-refractivity contribution in [2.45, 2.75) is 12.1 Å². The molecule has 3 heterocycles. The van der Waals surface area contributed by atoms with Crippen LogP contribution in [0.4, 0.5) is 10.1 Å². The summed E-state index contributed by atoms with van der Waals surface area (Å²) in [5, 5.41) is 13.6. The lowest BCUT2D eigenvalue weighted by molar-refractivity contribution is 0.438. The number of benzene rings is 2. The Morgan fingerprint density at radius 1 is 1.06 bits per heavy atom. The van der Waals surface area contributed by atoms with Crippen molar-refractivity contribution in [2.75, 3.05) is 4.90 Å². The first-order valence-electron chi connectivity index (χ1n) is 9.86. The molecule has 2 atom stereocenters. The van der Waals surface area contributed by atoms with Gasteiger partial charge < -0.3 is 19.7 Å². The molecule has 5 nitrogen and oxygen atoms in total. The maximum atomic E-state index is 14.5. The van der Waals surface area contributed by atoms with E-state index in [0.717, 1.165) is 11.4 Å². The SMILES string of the molecule is Oc1ccc(N2C(=S)N[C@@H](c3ccccn3)[C@H]2c2ccc(-c3ccc(Br)cc3F)o2)cc1. The van der Waals surface area contributed by atoms with Crippen LogP contribution in [0.25, 0.3) is 11.3 Å². The van der Waals surface area contributed by atoms with Gasteiger partial charge in [-0.2, -0.15) is 0 Å². The van der Waals surface area contributed by atoms with Crippen molar-refractivity contribution in [1.82, 2.24) is 10.3 Å². The Kier molecular flexibility index (Phi) is 5.40. The highest BCUT2D eigenvalue weighted by Gasteiger charge is 2.42. The molecule has 2 aromatic heterocycles. The number of furan rings is 1. The van der Waals surface area contributed by atoms with E-state index in [1.807, 2.05) is 29.2 Å². The summed E-state index contributed by atoms with van der Waals surface area (Å²) in [6.45, 7) is 0. The van der Waals surface area contributed by atoms with E-state index < -0.39 is 0 Å². The van der Waals surface area contributed by atoms with Gasteiger partial charge in [0, 0.05) is 16.4 Å². The number of nitrogens with zero attached hydrogens (tertiary/aromatic N) is 2. The fourth-order valence-corrected chi connectivity index (χ4v) is 4.56. The number of nitrogens with one attached hydrogen (secondary N) is 1. The summed E-state index contributed by atoms with van der Waals surface area (Å²) < 4.78 is 21.4. The Morgan fingerprint density at radius 2 is 1.88 bits per heavy atom. The van der Waals surface area contributed by atoms with Crippen LogP contribution in [-0.2, 0) is 0 Å². The van der Waals surface area contributed by atoms with Crippen molar-refractivity contribution in [2.24, 2.45) is 0 Å². The fourth-order valence-electron chi connectivity index (χ4n) is 3.88. The van der Waals surface area contributed by atoms with Crippen molar-refractivity contribution in [3.05, 3.63) is 101 Å². The van der Waals surface area contributed by atoms with Gasteiger partial charge in [0.05, 0.1) is 17.3 Å². The highest BCUT2D eigenvalue weighted by molar-refractivity contribution is 9.10. The predicted molar refractivity (Wildman–Crippen MR) is 128 cm³/mol. The maximum absolute atomic E-state index is 14.5. The number of halogens is 2.